The molecule has 6 heteroatoms. The number of benzene rings is 1. The van der Waals surface area contributed by atoms with Crippen LogP contribution in [0.1, 0.15) is 11.1 Å². The van der Waals surface area contributed by atoms with Crippen LogP contribution in [0.4, 0.5) is 0 Å². The lowest BCUT2D eigenvalue weighted by Crippen LogP contribution is -2.47. The van der Waals surface area contributed by atoms with Gasteiger partial charge in [0.2, 0.25) is 5.91 Å². The van der Waals surface area contributed by atoms with E-state index in [1.807, 2.05) is 11.9 Å². The Balaban J connectivity index is 1.46. The number of aliphatic hydroxyl groups excluding tert-OH is 1. The normalized spacial score (nSPS) is 29.7. The molecule has 3 rings (SSSR count). The smallest absolute Gasteiger partial charge is 0.234 e. The molecule has 2 aliphatic rings. The van der Waals surface area contributed by atoms with E-state index in [0.717, 1.165) is 6.54 Å². The molecule has 4 atom stereocenters. The summed E-state index contributed by atoms with van der Waals surface area (Å²) in [5.74, 6) is -0.0566. The number of rotatable bonds is 5. The average Bonchev–Trinajstić information content (AvgIpc) is 3.06. The fraction of sp³-hybridized carbons (Fsp3) is 0.588. The van der Waals surface area contributed by atoms with Crippen LogP contribution in [0.15, 0.2) is 24.3 Å². The van der Waals surface area contributed by atoms with Gasteiger partial charge in [-0.1, -0.05) is 29.8 Å². The summed E-state index contributed by atoms with van der Waals surface area (Å²) in [6, 6.07) is 8.11. The summed E-state index contributed by atoms with van der Waals surface area (Å²) in [6.07, 6.45) is -1.15. The van der Waals surface area contributed by atoms with Crippen LogP contribution >= 0.6 is 0 Å². The molecule has 1 aromatic carbocycles. The van der Waals surface area contributed by atoms with E-state index in [-0.39, 0.29) is 30.8 Å². The van der Waals surface area contributed by atoms with Crippen LogP contribution in [0.2, 0.25) is 0 Å². The monoisotopic (exact) mass is 320 g/mol. The molecule has 2 heterocycles. The molecule has 0 aliphatic carbocycles. The van der Waals surface area contributed by atoms with Crippen LogP contribution in [0, 0.1) is 6.92 Å². The predicted molar refractivity (Wildman–Crippen MR) is 84.9 cm³/mol. The lowest BCUT2D eigenvalue weighted by molar-refractivity contribution is -0.123. The van der Waals surface area contributed by atoms with Gasteiger partial charge in [0.15, 0.2) is 0 Å². The lowest BCUT2D eigenvalue weighted by Gasteiger charge is -2.20. The molecule has 126 valence electrons. The van der Waals surface area contributed by atoms with Gasteiger partial charge in [-0.3, -0.25) is 9.69 Å². The Morgan fingerprint density at radius 1 is 1.26 bits per heavy atom. The van der Waals surface area contributed by atoms with E-state index in [2.05, 4.69) is 36.5 Å². The number of aliphatic hydroxyl groups is 1. The first-order chi connectivity index (χ1) is 11.0. The van der Waals surface area contributed by atoms with Crippen molar-refractivity contribution >= 4 is 5.91 Å². The van der Waals surface area contributed by atoms with Gasteiger partial charge in [-0.05, 0) is 19.5 Å². The van der Waals surface area contributed by atoms with Crippen molar-refractivity contribution in [1.29, 1.82) is 0 Å². The fourth-order valence-electron chi connectivity index (χ4n) is 3.16. The minimum atomic E-state index is -0.592. The number of nitrogens with one attached hydrogen (secondary N) is 1. The van der Waals surface area contributed by atoms with Crippen molar-refractivity contribution in [3.05, 3.63) is 35.4 Å². The van der Waals surface area contributed by atoms with Crippen LogP contribution in [0.5, 0.6) is 0 Å². The van der Waals surface area contributed by atoms with E-state index in [1.54, 1.807) is 0 Å². The summed E-state index contributed by atoms with van der Waals surface area (Å²) in [5.41, 5.74) is 2.40. The molecule has 0 unspecified atom stereocenters. The van der Waals surface area contributed by atoms with E-state index < -0.39 is 6.10 Å². The van der Waals surface area contributed by atoms with Gasteiger partial charge in [0.05, 0.1) is 25.8 Å². The zero-order valence-corrected chi connectivity index (χ0v) is 13.6. The van der Waals surface area contributed by atoms with E-state index in [9.17, 15) is 9.90 Å². The Morgan fingerprint density at radius 3 is 2.70 bits per heavy atom. The van der Waals surface area contributed by atoms with Gasteiger partial charge in [-0.25, -0.2) is 0 Å². The second kappa shape index (κ2) is 6.97. The molecule has 0 aromatic heterocycles. The average molecular weight is 320 g/mol. The van der Waals surface area contributed by atoms with Crippen LogP contribution in [0.3, 0.4) is 0 Å². The van der Waals surface area contributed by atoms with Crippen molar-refractivity contribution in [3.63, 3.8) is 0 Å². The minimum absolute atomic E-state index is 0.0566. The van der Waals surface area contributed by atoms with Crippen molar-refractivity contribution < 1.29 is 19.4 Å². The second-order valence-electron chi connectivity index (χ2n) is 6.50. The number of hydrogen-bond acceptors (Lipinski definition) is 5. The topological polar surface area (TPSA) is 71.0 Å². The third-order valence-electron chi connectivity index (χ3n) is 4.36. The summed E-state index contributed by atoms with van der Waals surface area (Å²) in [4.78, 5) is 14.2. The molecule has 6 nitrogen and oxygen atoms in total. The van der Waals surface area contributed by atoms with E-state index in [1.165, 1.54) is 11.1 Å². The van der Waals surface area contributed by atoms with E-state index in [4.69, 9.17) is 9.47 Å². The zero-order valence-electron chi connectivity index (χ0n) is 13.6. The van der Waals surface area contributed by atoms with Crippen molar-refractivity contribution in [1.82, 2.24) is 10.2 Å². The molecule has 0 saturated carbocycles. The minimum Gasteiger partial charge on any atom is -0.388 e. The molecule has 1 aromatic rings. The summed E-state index contributed by atoms with van der Waals surface area (Å²) in [6.45, 7) is 3.75. The molecule has 2 fully saturated rings. The Labute approximate surface area is 136 Å². The molecule has 2 N–H and O–H groups in total. The molecule has 0 radical (unpaired) electrons. The van der Waals surface area contributed by atoms with Crippen LogP contribution in [0.25, 0.3) is 0 Å². The van der Waals surface area contributed by atoms with Gasteiger partial charge in [-0.15, -0.1) is 0 Å². The van der Waals surface area contributed by atoms with Gasteiger partial charge in [0.1, 0.15) is 18.3 Å². The summed E-state index contributed by atoms with van der Waals surface area (Å²) >= 11 is 0. The number of nitrogens with zero attached hydrogens (tertiary/aromatic N) is 1. The number of ether oxygens (including phenoxy) is 2. The van der Waals surface area contributed by atoms with Gasteiger partial charge >= 0.3 is 0 Å². The molecule has 2 aliphatic heterocycles. The number of amides is 1. The highest BCUT2D eigenvalue weighted by Crippen LogP contribution is 2.26. The fourth-order valence-corrected chi connectivity index (χ4v) is 3.16. The molecule has 2 saturated heterocycles. The number of carbonyl (C=O) groups excluding carboxylic acids is 1. The first-order valence-corrected chi connectivity index (χ1v) is 7.97. The SMILES string of the molecule is Cc1ccc(CN(C)CC(=O)N[C@H]2CO[C@H]3[C@@H]2OC[C@H]3O)cc1. The van der Waals surface area contributed by atoms with Crippen molar-refractivity contribution in [2.24, 2.45) is 0 Å². The molecule has 0 bridgehead atoms. The second-order valence-corrected chi connectivity index (χ2v) is 6.50. The third kappa shape index (κ3) is 3.90. The maximum Gasteiger partial charge on any atom is 0.234 e. The first-order valence-electron chi connectivity index (χ1n) is 7.97. The van der Waals surface area contributed by atoms with Crippen LogP contribution < -0.4 is 5.32 Å². The van der Waals surface area contributed by atoms with Crippen molar-refractivity contribution in [3.8, 4) is 0 Å². The third-order valence-corrected chi connectivity index (χ3v) is 4.36. The summed E-state index contributed by atoms with van der Waals surface area (Å²) < 4.78 is 11.0. The zero-order chi connectivity index (χ0) is 16.4. The lowest BCUT2D eigenvalue weighted by atomic mass is 10.1. The Kier molecular flexibility index (Phi) is 4.96. The predicted octanol–water partition coefficient (Wildman–Crippen LogP) is 0.0701. The number of hydrogen-bond donors (Lipinski definition) is 2. The molecule has 0 spiro atoms. The largest absolute Gasteiger partial charge is 0.388 e. The number of aryl methyl sites for hydroxylation is 1. The van der Waals surface area contributed by atoms with Crippen LogP contribution in [-0.4, -0.2) is 67.1 Å². The number of likely N-dealkylation sites (N-methyl/N-ethyl adjacent to an activating group) is 1. The quantitative estimate of drug-likeness (QED) is 0.803. The molecule has 1 amide bonds. The maximum atomic E-state index is 12.2. The van der Waals surface area contributed by atoms with Gasteiger partial charge in [-0.2, -0.15) is 0 Å². The standard InChI is InChI=1S/C17H24N2O4/c1-11-3-5-12(6-4-11)7-19(2)8-15(21)18-13-9-22-17-14(20)10-23-16(13)17/h3-6,13-14,16-17,20H,7-10H2,1-2H3,(H,18,21)/t13-,14+,16+,17+/m0/s1. The molecular weight excluding hydrogens is 296 g/mol. The first kappa shape index (κ1) is 16.4. The summed E-state index contributed by atoms with van der Waals surface area (Å²) in [5, 5.41) is 12.7. The number of carbonyl (C=O) groups is 1. The van der Waals surface area contributed by atoms with E-state index >= 15 is 0 Å². The van der Waals surface area contributed by atoms with Crippen molar-refractivity contribution in [2.75, 3.05) is 26.8 Å². The van der Waals surface area contributed by atoms with Crippen molar-refractivity contribution in [2.45, 2.75) is 37.8 Å². The highest BCUT2D eigenvalue weighted by atomic mass is 16.6. The summed E-state index contributed by atoms with van der Waals surface area (Å²) in [7, 11) is 1.92. The Morgan fingerprint density at radius 2 is 1.96 bits per heavy atom. The van der Waals surface area contributed by atoms with Gasteiger partial charge in [0, 0.05) is 6.54 Å². The molecule has 23 heavy (non-hydrogen) atoms. The maximum absolute atomic E-state index is 12.2. The Hall–Kier alpha value is -1.47. The highest BCUT2D eigenvalue weighted by molar-refractivity contribution is 5.78. The highest BCUT2D eigenvalue weighted by Gasteiger charge is 2.47. The Bertz CT molecular complexity index is 548. The van der Waals surface area contributed by atoms with Crippen LogP contribution in [-0.2, 0) is 20.8 Å². The van der Waals surface area contributed by atoms with Gasteiger partial charge in [0.25, 0.3) is 0 Å². The van der Waals surface area contributed by atoms with E-state index in [0.29, 0.717) is 13.2 Å². The van der Waals surface area contributed by atoms with Gasteiger partial charge < -0.3 is 19.9 Å². The molecular formula is C17H24N2O4. The number of fused-ring (bicyclic) bond motifs is 1.